The number of carbonyl (C=O) groups excluding carboxylic acids is 1. The number of carbonyl (C=O) groups is 1. The van der Waals surface area contributed by atoms with Gasteiger partial charge in [-0.1, -0.05) is 32.9 Å². The van der Waals surface area contributed by atoms with Crippen LogP contribution in [0.5, 0.6) is 0 Å². The fourth-order valence-electron chi connectivity index (χ4n) is 2.78. The van der Waals surface area contributed by atoms with Gasteiger partial charge in [-0.05, 0) is 6.42 Å². The summed E-state index contributed by atoms with van der Waals surface area (Å²) in [6, 6.07) is 1.98. The smallest absolute Gasteiger partial charge is 0.240 e. The molecule has 0 bridgehead atoms. The highest BCUT2D eigenvalue weighted by molar-refractivity contribution is 5.91. The summed E-state index contributed by atoms with van der Waals surface area (Å²) in [5.41, 5.74) is 0.702. The van der Waals surface area contributed by atoms with Crippen LogP contribution in [0.3, 0.4) is 0 Å². The molecule has 2 aromatic rings. The number of rotatable bonds is 5. The second-order valence-corrected chi connectivity index (χ2v) is 7.47. The summed E-state index contributed by atoms with van der Waals surface area (Å²) in [7, 11) is 0. The summed E-state index contributed by atoms with van der Waals surface area (Å²) in [6.45, 7) is 9.15. The second-order valence-electron chi connectivity index (χ2n) is 7.47. The van der Waals surface area contributed by atoms with E-state index in [9.17, 15) is 4.79 Å². The molecule has 0 spiro atoms. The molecule has 0 aromatic carbocycles. The third-order valence-electron chi connectivity index (χ3n) is 4.31. The molecule has 1 aliphatic rings. The molecule has 0 saturated heterocycles. The maximum atomic E-state index is 12.1. The molecule has 1 amide bonds. The van der Waals surface area contributed by atoms with Gasteiger partial charge in [0.25, 0.3) is 0 Å². The molecule has 25 heavy (non-hydrogen) atoms. The van der Waals surface area contributed by atoms with E-state index in [1.54, 1.807) is 6.07 Å². The Morgan fingerprint density at radius 2 is 2.24 bits per heavy atom. The third-order valence-corrected chi connectivity index (χ3v) is 4.31. The van der Waals surface area contributed by atoms with Gasteiger partial charge in [-0.15, -0.1) is 0 Å². The van der Waals surface area contributed by atoms with Crippen LogP contribution in [0.15, 0.2) is 10.6 Å². The SMILES string of the molecule is CCc1nc2n(n1)C[C@H](NCC(=O)Nc1cc(C(C)(C)C)no1)CC2. The summed E-state index contributed by atoms with van der Waals surface area (Å²) in [5, 5.41) is 14.5. The first-order valence-electron chi connectivity index (χ1n) is 8.78. The Hall–Kier alpha value is -2.22. The Morgan fingerprint density at radius 3 is 2.92 bits per heavy atom. The number of aromatic nitrogens is 4. The molecule has 0 saturated carbocycles. The summed E-state index contributed by atoms with van der Waals surface area (Å²) < 4.78 is 7.13. The van der Waals surface area contributed by atoms with Gasteiger partial charge in [0, 0.05) is 30.4 Å². The largest absolute Gasteiger partial charge is 0.338 e. The molecule has 0 fully saturated rings. The van der Waals surface area contributed by atoms with Gasteiger partial charge in [-0.25, -0.2) is 9.67 Å². The van der Waals surface area contributed by atoms with E-state index in [1.165, 1.54) is 0 Å². The zero-order valence-electron chi connectivity index (χ0n) is 15.3. The van der Waals surface area contributed by atoms with E-state index in [-0.39, 0.29) is 23.9 Å². The number of hydrogen-bond acceptors (Lipinski definition) is 6. The van der Waals surface area contributed by atoms with Gasteiger partial charge >= 0.3 is 0 Å². The zero-order valence-corrected chi connectivity index (χ0v) is 15.3. The minimum atomic E-state index is -0.143. The van der Waals surface area contributed by atoms with Crippen molar-refractivity contribution in [2.24, 2.45) is 0 Å². The fraction of sp³-hybridized carbons (Fsp3) is 0.647. The first-order chi connectivity index (χ1) is 11.8. The molecule has 8 nitrogen and oxygen atoms in total. The quantitative estimate of drug-likeness (QED) is 0.854. The van der Waals surface area contributed by atoms with E-state index >= 15 is 0 Å². The monoisotopic (exact) mass is 346 g/mol. The molecular weight excluding hydrogens is 320 g/mol. The van der Waals surface area contributed by atoms with Crippen LogP contribution in [0.4, 0.5) is 5.88 Å². The van der Waals surface area contributed by atoms with Crippen LogP contribution in [0.1, 0.15) is 51.5 Å². The van der Waals surface area contributed by atoms with Crippen LogP contribution in [-0.4, -0.2) is 38.4 Å². The molecule has 0 unspecified atom stereocenters. The van der Waals surface area contributed by atoms with Crippen molar-refractivity contribution < 1.29 is 9.32 Å². The number of aryl methyl sites for hydroxylation is 2. The van der Waals surface area contributed by atoms with Crippen molar-refractivity contribution in [3.63, 3.8) is 0 Å². The van der Waals surface area contributed by atoms with Gasteiger partial charge in [-0.3, -0.25) is 10.1 Å². The highest BCUT2D eigenvalue weighted by Gasteiger charge is 2.22. The van der Waals surface area contributed by atoms with Crippen molar-refractivity contribution in [1.82, 2.24) is 25.2 Å². The molecule has 136 valence electrons. The van der Waals surface area contributed by atoms with E-state index in [4.69, 9.17) is 4.52 Å². The lowest BCUT2D eigenvalue weighted by Gasteiger charge is -2.23. The van der Waals surface area contributed by atoms with Crippen molar-refractivity contribution >= 4 is 11.8 Å². The average Bonchev–Trinajstić information content (AvgIpc) is 3.18. The zero-order chi connectivity index (χ0) is 18.0. The second kappa shape index (κ2) is 6.95. The average molecular weight is 346 g/mol. The van der Waals surface area contributed by atoms with Gasteiger partial charge in [0.2, 0.25) is 11.8 Å². The maximum Gasteiger partial charge on any atom is 0.240 e. The van der Waals surface area contributed by atoms with Crippen LogP contribution in [0.2, 0.25) is 0 Å². The molecule has 3 heterocycles. The molecule has 1 atom stereocenters. The summed E-state index contributed by atoms with van der Waals surface area (Å²) >= 11 is 0. The maximum absolute atomic E-state index is 12.1. The number of amides is 1. The minimum Gasteiger partial charge on any atom is -0.338 e. The Kier molecular flexibility index (Phi) is 4.89. The van der Waals surface area contributed by atoms with E-state index in [0.717, 1.165) is 43.1 Å². The summed E-state index contributed by atoms with van der Waals surface area (Å²) in [6.07, 6.45) is 2.67. The molecule has 2 aromatic heterocycles. The summed E-state index contributed by atoms with van der Waals surface area (Å²) in [5.74, 6) is 2.16. The molecule has 3 rings (SSSR count). The number of fused-ring (bicyclic) bond motifs is 1. The van der Waals surface area contributed by atoms with Crippen molar-refractivity contribution in [1.29, 1.82) is 0 Å². The number of hydrogen-bond donors (Lipinski definition) is 2. The van der Waals surface area contributed by atoms with Gasteiger partial charge in [0.1, 0.15) is 5.82 Å². The number of anilines is 1. The molecule has 0 radical (unpaired) electrons. The highest BCUT2D eigenvalue weighted by Crippen LogP contribution is 2.23. The van der Waals surface area contributed by atoms with Crippen molar-refractivity contribution in [2.75, 3.05) is 11.9 Å². The standard InChI is InChI=1S/C17H26N6O2/c1-5-13-19-14-7-6-11(10-23(14)21-13)18-9-15(24)20-16-8-12(22-25-16)17(2,3)4/h8,11,18H,5-7,9-10H2,1-4H3,(H,20,24)/t11-/m1/s1. The van der Waals surface area contributed by atoms with Gasteiger partial charge < -0.3 is 9.84 Å². The first-order valence-corrected chi connectivity index (χ1v) is 8.78. The summed E-state index contributed by atoms with van der Waals surface area (Å²) in [4.78, 5) is 16.6. The number of nitrogens with zero attached hydrogens (tertiary/aromatic N) is 4. The van der Waals surface area contributed by atoms with Crippen LogP contribution in [-0.2, 0) is 29.6 Å². The van der Waals surface area contributed by atoms with Crippen molar-refractivity contribution in [3.05, 3.63) is 23.4 Å². The predicted octanol–water partition coefficient (Wildman–Crippen LogP) is 1.67. The predicted molar refractivity (Wildman–Crippen MR) is 93.3 cm³/mol. The molecule has 2 N–H and O–H groups in total. The van der Waals surface area contributed by atoms with E-state index in [1.807, 2.05) is 25.5 Å². The fourth-order valence-corrected chi connectivity index (χ4v) is 2.78. The molecular formula is C17H26N6O2. The Labute approximate surface area is 147 Å². The Bertz CT molecular complexity index is 743. The lowest BCUT2D eigenvalue weighted by Crippen LogP contribution is -2.41. The highest BCUT2D eigenvalue weighted by atomic mass is 16.5. The Morgan fingerprint density at radius 1 is 1.44 bits per heavy atom. The normalized spacial score (nSPS) is 17.4. The van der Waals surface area contributed by atoms with Gasteiger partial charge in [0.05, 0.1) is 18.8 Å². The lowest BCUT2D eigenvalue weighted by atomic mass is 9.92. The van der Waals surface area contributed by atoms with Crippen LogP contribution in [0, 0.1) is 0 Å². The van der Waals surface area contributed by atoms with Crippen LogP contribution >= 0.6 is 0 Å². The Balaban J connectivity index is 1.49. The number of nitrogens with one attached hydrogen (secondary N) is 2. The lowest BCUT2D eigenvalue weighted by molar-refractivity contribution is -0.115. The van der Waals surface area contributed by atoms with E-state index < -0.39 is 0 Å². The van der Waals surface area contributed by atoms with Crippen LogP contribution < -0.4 is 10.6 Å². The van der Waals surface area contributed by atoms with Crippen molar-refractivity contribution in [3.8, 4) is 0 Å². The van der Waals surface area contributed by atoms with Gasteiger partial charge in [-0.2, -0.15) is 5.10 Å². The third kappa shape index (κ3) is 4.25. The van der Waals surface area contributed by atoms with Crippen molar-refractivity contribution in [2.45, 2.75) is 65.0 Å². The first kappa shape index (κ1) is 17.6. The molecule has 8 heteroatoms. The molecule has 0 aliphatic carbocycles. The van der Waals surface area contributed by atoms with E-state index in [2.05, 4.69) is 32.8 Å². The molecule has 1 aliphatic heterocycles. The minimum absolute atomic E-state index is 0.111. The van der Waals surface area contributed by atoms with Crippen LogP contribution in [0.25, 0.3) is 0 Å². The van der Waals surface area contributed by atoms with E-state index in [0.29, 0.717) is 5.88 Å². The topological polar surface area (TPSA) is 97.9 Å². The van der Waals surface area contributed by atoms with Gasteiger partial charge in [0.15, 0.2) is 5.82 Å².